The molecule has 2 atom stereocenters. The molecule has 0 saturated carbocycles. The number of hydrogen-bond donors (Lipinski definition) is 0. The second kappa shape index (κ2) is 8.45. The highest BCUT2D eigenvalue weighted by atomic mass is 16.7. The lowest BCUT2D eigenvalue weighted by Gasteiger charge is -2.20. The van der Waals surface area contributed by atoms with Crippen LogP contribution in [-0.2, 0) is 28.8 Å². The van der Waals surface area contributed by atoms with Crippen molar-refractivity contribution < 1.29 is 28.8 Å². The SMILES string of the molecule is BC1CC(=O)N(OC(=O)CCCN(C)C(=O)C(C)CC=O)C1=O. The zero-order chi connectivity index (χ0) is 17.6. The van der Waals surface area contributed by atoms with E-state index in [1.807, 2.05) is 0 Å². The topological polar surface area (TPSA) is 101 Å². The number of carbonyl (C=O) groups excluding carboxylic acids is 5. The number of imide groups is 1. The first-order valence-electron chi connectivity index (χ1n) is 7.54. The van der Waals surface area contributed by atoms with Crippen LogP contribution >= 0.6 is 0 Å². The molecule has 3 amide bonds. The van der Waals surface area contributed by atoms with Gasteiger partial charge in [-0.2, -0.15) is 0 Å². The molecule has 0 spiro atoms. The standard InChI is InChI=1S/C14H21BN2O6/c1-9(5-7-18)13(21)16(2)6-3-4-12(20)23-17-11(19)8-10(15)14(17)22/h7,9-10H,3-6,8,15H2,1-2H3. The van der Waals surface area contributed by atoms with Gasteiger partial charge >= 0.3 is 5.97 Å². The Morgan fingerprint density at radius 3 is 2.65 bits per heavy atom. The lowest BCUT2D eigenvalue weighted by molar-refractivity contribution is -0.197. The zero-order valence-electron chi connectivity index (χ0n) is 13.6. The number of hydrogen-bond acceptors (Lipinski definition) is 6. The van der Waals surface area contributed by atoms with Gasteiger partial charge in [-0.1, -0.05) is 6.92 Å². The molecule has 0 aromatic carbocycles. The lowest BCUT2D eigenvalue weighted by Crippen LogP contribution is -2.34. The Hall–Kier alpha value is -2.19. The van der Waals surface area contributed by atoms with Crippen molar-refractivity contribution in [2.24, 2.45) is 5.92 Å². The third kappa shape index (κ3) is 5.19. The van der Waals surface area contributed by atoms with E-state index in [2.05, 4.69) is 0 Å². The van der Waals surface area contributed by atoms with Gasteiger partial charge in [-0.15, -0.1) is 5.06 Å². The van der Waals surface area contributed by atoms with Crippen LogP contribution < -0.4 is 0 Å². The summed E-state index contributed by atoms with van der Waals surface area (Å²) in [5.74, 6) is -2.78. The van der Waals surface area contributed by atoms with E-state index in [4.69, 9.17) is 4.84 Å². The summed E-state index contributed by atoms with van der Waals surface area (Å²) < 4.78 is 0. The molecule has 1 aliphatic rings. The van der Waals surface area contributed by atoms with E-state index >= 15 is 0 Å². The fourth-order valence-corrected chi connectivity index (χ4v) is 2.19. The summed E-state index contributed by atoms with van der Waals surface area (Å²) in [6.07, 6.45) is 1.20. The molecule has 0 radical (unpaired) electrons. The Morgan fingerprint density at radius 1 is 1.48 bits per heavy atom. The average Bonchev–Trinajstić information content (AvgIpc) is 2.73. The largest absolute Gasteiger partial charge is 0.346 e. The molecule has 0 aromatic rings. The summed E-state index contributed by atoms with van der Waals surface area (Å²) in [6.45, 7) is 1.97. The van der Waals surface area contributed by atoms with Gasteiger partial charge in [-0.3, -0.25) is 14.4 Å². The smallest absolute Gasteiger partial charge is 0.333 e. The minimum atomic E-state index is -0.692. The van der Waals surface area contributed by atoms with E-state index in [1.165, 1.54) is 4.90 Å². The summed E-state index contributed by atoms with van der Waals surface area (Å²) in [7, 11) is 3.18. The number of aldehydes is 1. The fraction of sp³-hybridized carbons (Fsp3) is 0.643. The second-order valence-electron chi connectivity index (χ2n) is 5.76. The molecule has 1 saturated heterocycles. The number of nitrogens with zero attached hydrogens (tertiary/aromatic N) is 2. The first kappa shape index (κ1) is 18.9. The highest BCUT2D eigenvalue weighted by Crippen LogP contribution is 2.22. The highest BCUT2D eigenvalue weighted by Gasteiger charge is 2.38. The molecule has 0 bridgehead atoms. The fourth-order valence-electron chi connectivity index (χ4n) is 2.19. The van der Waals surface area contributed by atoms with Crippen molar-refractivity contribution in [1.82, 2.24) is 9.96 Å². The van der Waals surface area contributed by atoms with E-state index in [0.717, 1.165) is 0 Å². The zero-order valence-corrected chi connectivity index (χ0v) is 13.6. The van der Waals surface area contributed by atoms with Crippen LogP contribution in [-0.4, -0.2) is 61.4 Å². The Balaban J connectivity index is 2.34. The summed E-state index contributed by atoms with van der Waals surface area (Å²) >= 11 is 0. The molecular weight excluding hydrogens is 303 g/mol. The Morgan fingerprint density at radius 2 is 2.13 bits per heavy atom. The average molecular weight is 324 g/mol. The van der Waals surface area contributed by atoms with Crippen molar-refractivity contribution >= 4 is 37.8 Å². The van der Waals surface area contributed by atoms with Gasteiger partial charge in [0.1, 0.15) is 14.1 Å². The van der Waals surface area contributed by atoms with Crippen LogP contribution in [0.2, 0.25) is 5.82 Å². The first-order chi connectivity index (χ1) is 10.8. The summed E-state index contributed by atoms with van der Waals surface area (Å²) in [5.41, 5.74) is 0. The number of rotatable bonds is 8. The molecule has 1 fully saturated rings. The van der Waals surface area contributed by atoms with E-state index in [0.29, 0.717) is 24.3 Å². The molecule has 1 rings (SSSR count). The monoisotopic (exact) mass is 324 g/mol. The molecule has 2 unspecified atom stereocenters. The summed E-state index contributed by atoms with van der Waals surface area (Å²) in [6, 6.07) is 0. The molecule has 0 N–H and O–H groups in total. The van der Waals surface area contributed by atoms with E-state index in [1.54, 1.807) is 21.8 Å². The van der Waals surface area contributed by atoms with E-state index in [9.17, 15) is 24.0 Å². The van der Waals surface area contributed by atoms with Gasteiger partial charge < -0.3 is 14.5 Å². The maximum atomic E-state index is 11.9. The third-order valence-electron chi connectivity index (χ3n) is 3.64. The predicted molar refractivity (Wildman–Crippen MR) is 81.6 cm³/mol. The molecule has 23 heavy (non-hydrogen) atoms. The van der Waals surface area contributed by atoms with Gasteiger partial charge in [0.05, 0.1) is 0 Å². The second-order valence-corrected chi connectivity index (χ2v) is 5.76. The maximum absolute atomic E-state index is 11.9. The third-order valence-corrected chi connectivity index (χ3v) is 3.64. The molecule has 9 heteroatoms. The molecular formula is C14H21BN2O6. The number of carbonyl (C=O) groups is 5. The molecule has 1 aliphatic heterocycles. The molecule has 0 aromatic heterocycles. The van der Waals surface area contributed by atoms with Crippen LogP contribution in [0.25, 0.3) is 0 Å². The lowest BCUT2D eigenvalue weighted by atomic mass is 9.86. The van der Waals surface area contributed by atoms with Gasteiger partial charge in [0.2, 0.25) is 5.91 Å². The quantitative estimate of drug-likeness (QED) is 0.325. The normalized spacial score (nSPS) is 18.7. The van der Waals surface area contributed by atoms with Gasteiger partial charge in [-0.05, 0) is 6.42 Å². The van der Waals surface area contributed by atoms with Crippen molar-refractivity contribution in [2.75, 3.05) is 13.6 Å². The molecule has 1 heterocycles. The summed E-state index contributed by atoms with van der Waals surface area (Å²) in [5, 5.41) is 0.522. The van der Waals surface area contributed by atoms with Crippen molar-refractivity contribution in [3.63, 3.8) is 0 Å². The van der Waals surface area contributed by atoms with Crippen molar-refractivity contribution in [2.45, 2.75) is 38.4 Å². The number of hydroxylamine groups is 2. The summed E-state index contributed by atoms with van der Waals surface area (Å²) in [4.78, 5) is 63.2. The minimum Gasteiger partial charge on any atom is -0.346 e. The van der Waals surface area contributed by atoms with Crippen LogP contribution in [0.3, 0.4) is 0 Å². The van der Waals surface area contributed by atoms with Gasteiger partial charge in [-0.25, -0.2) is 4.79 Å². The van der Waals surface area contributed by atoms with Crippen molar-refractivity contribution in [3.05, 3.63) is 0 Å². The number of amides is 3. The van der Waals surface area contributed by atoms with Gasteiger partial charge in [0.15, 0.2) is 0 Å². The van der Waals surface area contributed by atoms with E-state index < -0.39 is 29.5 Å². The van der Waals surface area contributed by atoms with Crippen LogP contribution in [0.5, 0.6) is 0 Å². The van der Waals surface area contributed by atoms with Crippen molar-refractivity contribution in [3.8, 4) is 0 Å². The van der Waals surface area contributed by atoms with Gasteiger partial charge in [0.25, 0.3) is 11.8 Å². The Bertz CT molecular complexity index is 509. The van der Waals surface area contributed by atoms with Crippen LogP contribution in [0.15, 0.2) is 0 Å². The maximum Gasteiger partial charge on any atom is 0.333 e. The Labute approximate surface area is 135 Å². The van der Waals surface area contributed by atoms with Gasteiger partial charge in [0, 0.05) is 44.6 Å². The van der Waals surface area contributed by atoms with Crippen molar-refractivity contribution in [1.29, 1.82) is 0 Å². The van der Waals surface area contributed by atoms with E-state index in [-0.39, 0.29) is 25.2 Å². The molecule has 126 valence electrons. The van der Waals surface area contributed by atoms with Crippen LogP contribution in [0, 0.1) is 5.92 Å². The molecule has 8 nitrogen and oxygen atoms in total. The predicted octanol–water partition coefficient (Wildman–Crippen LogP) is -0.911. The minimum absolute atomic E-state index is 0.0227. The Kier molecular flexibility index (Phi) is 6.93. The molecule has 0 aliphatic carbocycles. The van der Waals surface area contributed by atoms with Crippen LogP contribution in [0.1, 0.15) is 32.6 Å². The highest BCUT2D eigenvalue weighted by molar-refractivity contribution is 6.29. The first-order valence-corrected chi connectivity index (χ1v) is 7.54. The van der Waals surface area contributed by atoms with Crippen LogP contribution in [0.4, 0.5) is 0 Å².